The third kappa shape index (κ3) is 1.31. The summed E-state index contributed by atoms with van der Waals surface area (Å²) >= 11 is 1.37. The van der Waals surface area contributed by atoms with Gasteiger partial charge in [0, 0.05) is 6.42 Å². The number of hydrogen-bond donors (Lipinski definition) is 1. The summed E-state index contributed by atoms with van der Waals surface area (Å²) in [7, 11) is 0. The van der Waals surface area contributed by atoms with Gasteiger partial charge in [-0.3, -0.25) is 0 Å². The standard InChI is InChI=1S/C7H10N4OS/c1-3-5-8-9-7-11(5)10-6(13-7)4(2)12/h4,12H,3H2,1-2H3. The molecule has 1 N–H and O–H groups in total. The maximum Gasteiger partial charge on any atom is 0.234 e. The molecule has 0 aromatic carbocycles. The summed E-state index contributed by atoms with van der Waals surface area (Å²) in [5.41, 5.74) is 0. The van der Waals surface area contributed by atoms with Crippen molar-refractivity contribution in [2.24, 2.45) is 0 Å². The van der Waals surface area contributed by atoms with Crippen LogP contribution in [-0.2, 0) is 6.42 Å². The molecule has 0 radical (unpaired) electrons. The Morgan fingerprint density at radius 1 is 1.54 bits per heavy atom. The van der Waals surface area contributed by atoms with E-state index in [9.17, 15) is 5.11 Å². The average Bonchev–Trinajstić information content (AvgIpc) is 2.60. The topological polar surface area (TPSA) is 63.3 Å². The van der Waals surface area contributed by atoms with Crippen LogP contribution in [0.4, 0.5) is 0 Å². The second-order valence-corrected chi connectivity index (χ2v) is 3.77. The van der Waals surface area contributed by atoms with Crippen LogP contribution in [0, 0.1) is 0 Å². The number of aliphatic hydroxyl groups excluding tert-OH is 1. The lowest BCUT2D eigenvalue weighted by atomic mass is 10.4. The van der Waals surface area contributed by atoms with Crippen molar-refractivity contribution in [1.82, 2.24) is 19.8 Å². The fourth-order valence-electron chi connectivity index (χ4n) is 1.06. The fourth-order valence-corrected chi connectivity index (χ4v) is 1.86. The second kappa shape index (κ2) is 3.04. The molecule has 5 nitrogen and oxygen atoms in total. The Hall–Kier alpha value is -1.01. The zero-order valence-electron chi connectivity index (χ0n) is 7.43. The van der Waals surface area contributed by atoms with E-state index in [1.54, 1.807) is 11.4 Å². The maximum atomic E-state index is 9.29. The zero-order valence-corrected chi connectivity index (χ0v) is 8.25. The summed E-state index contributed by atoms with van der Waals surface area (Å²) < 4.78 is 1.69. The molecule has 13 heavy (non-hydrogen) atoms. The summed E-state index contributed by atoms with van der Waals surface area (Å²) in [5, 5.41) is 22.1. The Morgan fingerprint density at radius 2 is 2.31 bits per heavy atom. The van der Waals surface area contributed by atoms with Gasteiger partial charge in [0.1, 0.15) is 11.1 Å². The van der Waals surface area contributed by atoms with Crippen LogP contribution in [0.1, 0.15) is 30.8 Å². The van der Waals surface area contributed by atoms with Crippen LogP contribution in [0.5, 0.6) is 0 Å². The highest BCUT2D eigenvalue weighted by Gasteiger charge is 2.12. The van der Waals surface area contributed by atoms with Crippen molar-refractivity contribution in [3.63, 3.8) is 0 Å². The SMILES string of the molecule is CCc1nnc2sc(C(C)O)nn12. The van der Waals surface area contributed by atoms with Crippen LogP contribution in [0.2, 0.25) is 0 Å². The normalized spacial score (nSPS) is 13.8. The van der Waals surface area contributed by atoms with E-state index in [0.717, 1.165) is 17.2 Å². The van der Waals surface area contributed by atoms with Crippen LogP contribution in [0.15, 0.2) is 0 Å². The van der Waals surface area contributed by atoms with E-state index in [2.05, 4.69) is 15.3 Å². The van der Waals surface area contributed by atoms with Crippen molar-refractivity contribution in [2.45, 2.75) is 26.4 Å². The molecular weight excluding hydrogens is 188 g/mol. The number of aryl methyl sites for hydroxylation is 1. The molecule has 2 rings (SSSR count). The van der Waals surface area contributed by atoms with Crippen LogP contribution >= 0.6 is 11.3 Å². The van der Waals surface area contributed by atoms with E-state index in [0.29, 0.717) is 5.01 Å². The lowest BCUT2D eigenvalue weighted by molar-refractivity contribution is 0.197. The Labute approximate surface area is 79.0 Å². The smallest absolute Gasteiger partial charge is 0.234 e. The van der Waals surface area contributed by atoms with Crippen LogP contribution in [0.3, 0.4) is 0 Å². The number of rotatable bonds is 2. The first kappa shape index (κ1) is 8.58. The Kier molecular flexibility index (Phi) is 2.01. The molecule has 1 unspecified atom stereocenters. The summed E-state index contributed by atoms with van der Waals surface area (Å²) in [6, 6.07) is 0. The summed E-state index contributed by atoms with van der Waals surface area (Å²) in [5.74, 6) is 0.832. The van der Waals surface area contributed by atoms with Gasteiger partial charge >= 0.3 is 0 Å². The molecule has 0 amide bonds. The minimum atomic E-state index is -0.531. The highest BCUT2D eigenvalue weighted by Crippen LogP contribution is 2.19. The number of aliphatic hydroxyl groups is 1. The van der Waals surface area contributed by atoms with Crippen molar-refractivity contribution in [3.8, 4) is 0 Å². The van der Waals surface area contributed by atoms with Crippen LogP contribution in [0.25, 0.3) is 4.96 Å². The van der Waals surface area contributed by atoms with Gasteiger partial charge in [-0.25, -0.2) is 0 Å². The molecule has 2 heterocycles. The molecule has 0 aliphatic carbocycles. The molecule has 0 saturated carbocycles. The van der Waals surface area contributed by atoms with Gasteiger partial charge in [0.2, 0.25) is 4.96 Å². The predicted molar refractivity (Wildman–Crippen MR) is 48.7 cm³/mol. The number of nitrogens with zero attached hydrogens (tertiary/aromatic N) is 4. The van der Waals surface area contributed by atoms with Crippen molar-refractivity contribution >= 4 is 16.3 Å². The predicted octanol–water partition coefficient (Wildman–Crippen LogP) is 0.801. The Bertz CT molecular complexity index is 419. The Morgan fingerprint density at radius 3 is 2.92 bits per heavy atom. The average molecular weight is 198 g/mol. The highest BCUT2D eigenvalue weighted by molar-refractivity contribution is 7.16. The van der Waals surface area contributed by atoms with E-state index < -0.39 is 6.10 Å². The summed E-state index contributed by atoms with van der Waals surface area (Å²) in [6.45, 7) is 3.69. The molecule has 0 bridgehead atoms. The molecule has 0 spiro atoms. The van der Waals surface area contributed by atoms with Crippen molar-refractivity contribution < 1.29 is 5.11 Å². The van der Waals surface area contributed by atoms with Crippen LogP contribution in [-0.4, -0.2) is 24.9 Å². The third-order valence-electron chi connectivity index (χ3n) is 1.74. The highest BCUT2D eigenvalue weighted by atomic mass is 32.1. The molecule has 0 aliphatic rings. The maximum absolute atomic E-state index is 9.29. The van der Waals surface area contributed by atoms with Gasteiger partial charge in [-0.1, -0.05) is 18.3 Å². The molecule has 70 valence electrons. The number of fused-ring (bicyclic) bond motifs is 1. The molecular formula is C7H10N4OS. The van der Waals surface area contributed by atoms with Gasteiger partial charge in [-0.15, -0.1) is 10.2 Å². The van der Waals surface area contributed by atoms with Gasteiger partial charge in [-0.05, 0) is 6.92 Å². The third-order valence-corrected chi connectivity index (χ3v) is 2.81. The quantitative estimate of drug-likeness (QED) is 0.775. The zero-order chi connectivity index (χ0) is 9.42. The van der Waals surface area contributed by atoms with Gasteiger partial charge in [-0.2, -0.15) is 9.61 Å². The minimum absolute atomic E-state index is 0.531. The molecule has 0 fully saturated rings. The first-order chi connectivity index (χ1) is 6.22. The molecule has 0 saturated heterocycles. The monoisotopic (exact) mass is 198 g/mol. The molecule has 2 aromatic heterocycles. The fraction of sp³-hybridized carbons (Fsp3) is 0.571. The molecule has 1 atom stereocenters. The molecule has 2 aromatic rings. The van der Waals surface area contributed by atoms with Gasteiger partial charge in [0.15, 0.2) is 5.82 Å². The van der Waals surface area contributed by atoms with E-state index in [1.165, 1.54) is 11.3 Å². The van der Waals surface area contributed by atoms with E-state index in [4.69, 9.17) is 0 Å². The molecule has 0 aliphatic heterocycles. The van der Waals surface area contributed by atoms with E-state index in [-0.39, 0.29) is 0 Å². The lowest BCUT2D eigenvalue weighted by Gasteiger charge is -1.94. The van der Waals surface area contributed by atoms with Crippen molar-refractivity contribution in [1.29, 1.82) is 0 Å². The largest absolute Gasteiger partial charge is 0.386 e. The lowest BCUT2D eigenvalue weighted by Crippen LogP contribution is -1.96. The van der Waals surface area contributed by atoms with Gasteiger partial charge < -0.3 is 5.11 Å². The summed E-state index contributed by atoms with van der Waals surface area (Å²) in [4.78, 5) is 0.743. The summed E-state index contributed by atoms with van der Waals surface area (Å²) in [6.07, 6.45) is 0.265. The van der Waals surface area contributed by atoms with Gasteiger partial charge in [0.05, 0.1) is 0 Å². The van der Waals surface area contributed by atoms with Gasteiger partial charge in [0.25, 0.3) is 0 Å². The van der Waals surface area contributed by atoms with Crippen LogP contribution < -0.4 is 0 Å². The Balaban J connectivity index is 2.56. The number of hydrogen-bond acceptors (Lipinski definition) is 5. The first-order valence-corrected chi connectivity index (χ1v) is 4.93. The van der Waals surface area contributed by atoms with Crippen molar-refractivity contribution in [3.05, 3.63) is 10.8 Å². The van der Waals surface area contributed by atoms with E-state index in [1.807, 2.05) is 6.92 Å². The van der Waals surface area contributed by atoms with E-state index >= 15 is 0 Å². The van der Waals surface area contributed by atoms with Crippen molar-refractivity contribution in [2.75, 3.05) is 0 Å². The first-order valence-electron chi connectivity index (χ1n) is 4.11. The number of aromatic nitrogens is 4. The second-order valence-electron chi connectivity index (χ2n) is 2.78. The molecule has 6 heteroatoms. The minimum Gasteiger partial charge on any atom is -0.386 e.